The molecule has 1 aromatic heterocycles. The first-order valence-corrected chi connectivity index (χ1v) is 5.30. The molecule has 1 heterocycles. The van der Waals surface area contributed by atoms with Crippen molar-refractivity contribution in [2.24, 2.45) is 0 Å². The average molecular weight is 247 g/mol. The van der Waals surface area contributed by atoms with E-state index < -0.39 is 12.6 Å². The Morgan fingerprint density at radius 1 is 1.35 bits per heavy atom. The molecule has 0 radical (unpaired) electrons. The summed E-state index contributed by atoms with van der Waals surface area (Å²) >= 11 is 0. The van der Waals surface area contributed by atoms with Gasteiger partial charge in [0.25, 0.3) is 0 Å². The minimum absolute atomic E-state index is 0.0815. The molecule has 0 atom stereocenters. The fraction of sp³-hybridized carbons (Fsp3) is 0.545. The zero-order valence-electron chi connectivity index (χ0n) is 9.88. The highest BCUT2D eigenvalue weighted by atomic mass is 19.4. The zero-order chi connectivity index (χ0) is 12.9. The fourth-order valence-corrected chi connectivity index (χ4v) is 1.36. The van der Waals surface area contributed by atoms with Gasteiger partial charge in [-0.3, -0.25) is 0 Å². The first-order chi connectivity index (χ1) is 7.92. The van der Waals surface area contributed by atoms with E-state index in [4.69, 9.17) is 0 Å². The lowest BCUT2D eigenvalue weighted by Gasteiger charge is -2.19. The van der Waals surface area contributed by atoms with Crippen LogP contribution in [0.3, 0.4) is 0 Å². The summed E-state index contributed by atoms with van der Waals surface area (Å²) in [4.78, 5) is 5.61. The van der Waals surface area contributed by atoms with Crippen LogP contribution in [0.25, 0.3) is 0 Å². The number of halogens is 3. The van der Waals surface area contributed by atoms with Crippen molar-refractivity contribution in [1.82, 2.24) is 10.3 Å². The normalized spacial score (nSPS) is 11.6. The van der Waals surface area contributed by atoms with Gasteiger partial charge in [0.05, 0.1) is 6.42 Å². The molecule has 0 saturated carbocycles. The quantitative estimate of drug-likeness (QED) is 0.864. The monoisotopic (exact) mass is 247 g/mol. The van der Waals surface area contributed by atoms with Crippen LogP contribution in [0.1, 0.15) is 12.0 Å². The number of anilines is 1. The number of pyridine rings is 1. The Kier molecular flexibility index (Phi) is 4.74. The number of hydrogen-bond donors (Lipinski definition) is 1. The highest BCUT2D eigenvalue weighted by molar-refractivity contribution is 5.38. The van der Waals surface area contributed by atoms with Gasteiger partial charge in [-0.1, -0.05) is 6.07 Å². The van der Waals surface area contributed by atoms with Crippen LogP contribution < -0.4 is 10.2 Å². The van der Waals surface area contributed by atoms with Gasteiger partial charge < -0.3 is 10.2 Å². The van der Waals surface area contributed by atoms with Crippen molar-refractivity contribution < 1.29 is 13.2 Å². The molecule has 0 aromatic carbocycles. The Morgan fingerprint density at radius 3 is 2.53 bits per heavy atom. The van der Waals surface area contributed by atoms with Crippen LogP contribution in [0.15, 0.2) is 18.3 Å². The second kappa shape index (κ2) is 5.86. The van der Waals surface area contributed by atoms with Gasteiger partial charge in [0.15, 0.2) is 0 Å². The van der Waals surface area contributed by atoms with Gasteiger partial charge in [-0.15, -0.1) is 0 Å². The molecule has 0 aliphatic heterocycles. The van der Waals surface area contributed by atoms with Crippen LogP contribution in [0.5, 0.6) is 0 Å². The van der Waals surface area contributed by atoms with Gasteiger partial charge >= 0.3 is 6.18 Å². The molecule has 1 rings (SSSR count). The largest absolute Gasteiger partial charge is 0.390 e. The molecule has 0 saturated heterocycles. The van der Waals surface area contributed by atoms with Crippen molar-refractivity contribution >= 4 is 5.82 Å². The molecular formula is C11H16F3N3. The average Bonchev–Trinajstić information content (AvgIpc) is 2.26. The third-order valence-corrected chi connectivity index (χ3v) is 2.31. The third kappa shape index (κ3) is 5.04. The molecule has 6 heteroatoms. The molecule has 0 bridgehead atoms. The summed E-state index contributed by atoms with van der Waals surface area (Å²) in [5.41, 5.74) is 1.00. The minimum atomic E-state index is -4.12. The topological polar surface area (TPSA) is 28.2 Å². The molecule has 3 nitrogen and oxygen atoms in total. The molecule has 0 spiro atoms. The highest BCUT2D eigenvalue weighted by Crippen LogP contribution is 2.20. The second-order valence-corrected chi connectivity index (χ2v) is 3.84. The van der Waals surface area contributed by atoms with Gasteiger partial charge in [0.2, 0.25) is 0 Å². The van der Waals surface area contributed by atoms with Crippen LogP contribution in [0.4, 0.5) is 19.0 Å². The highest BCUT2D eigenvalue weighted by Gasteiger charge is 2.27. The summed E-state index contributed by atoms with van der Waals surface area (Å²) in [6.07, 6.45) is -3.29. The number of alkyl halides is 3. The number of nitrogens with one attached hydrogen (secondary N) is 1. The van der Waals surface area contributed by atoms with E-state index in [2.05, 4.69) is 10.3 Å². The Bertz CT molecular complexity index is 335. The first kappa shape index (κ1) is 13.8. The maximum Gasteiger partial charge on any atom is 0.390 e. The number of hydrogen-bond acceptors (Lipinski definition) is 3. The summed E-state index contributed by atoms with van der Waals surface area (Å²) < 4.78 is 36.1. The van der Waals surface area contributed by atoms with Gasteiger partial charge in [0, 0.05) is 26.3 Å². The predicted octanol–water partition coefficient (Wildman–Crippen LogP) is 2.19. The lowest BCUT2D eigenvalue weighted by Crippen LogP contribution is -2.24. The summed E-state index contributed by atoms with van der Waals surface area (Å²) in [6, 6.07) is 3.58. The lowest BCUT2D eigenvalue weighted by atomic mass is 10.2. The summed E-state index contributed by atoms with van der Waals surface area (Å²) in [5, 5.41) is 2.98. The number of rotatable bonds is 5. The van der Waals surface area contributed by atoms with E-state index in [1.165, 1.54) is 4.90 Å². The summed E-state index contributed by atoms with van der Waals surface area (Å²) in [7, 11) is 3.43. The van der Waals surface area contributed by atoms with Crippen molar-refractivity contribution in [3.8, 4) is 0 Å². The Labute approximate surface area is 98.6 Å². The Hall–Kier alpha value is -1.30. The third-order valence-electron chi connectivity index (χ3n) is 2.31. The lowest BCUT2D eigenvalue weighted by molar-refractivity contribution is -0.132. The van der Waals surface area contributed by atoms with E-state index in [1.807, 2.05) is 13.1 Å². The second-order valence-electron chi connectivity index (χ2n) is 3.84. The Morgan fingerprint density at radius 2 is 2.06 bits per heavy atom. The fourth-order valence-electron chi connectivity index (χ4n) is 1.36. The molecule has 1 aromatic rings. The van der Waals surface area contributed by atoms with Crippen molar-refractivity contribution in [2.75, 3.05) is 25.5 Å². The van der Waals surface area contributed by atoms with Crippen LogP contribution in [-0.2, 0) is 6.54 Å². The summed E-state index contributed by atoms with van der Waals surface area (Å²) in [6.45, 7) is 0.613. The zero-order valence-corrected chi connectivity index (χ0v) is 9.88. The summed E-state index contributed by atoms with van der Waals surface area (Å²) in [5.74, 6) is 0.550. The molecular weight excluding hydrogens is 231 g/mol. The van der Waals surface area contributed by atoms with Crippen LogP contribution in [0.2, 0.25) is 0 Å². The predicted molar refractivity (Wildman–Crippen MR) is 60.9 cm³/mol. The van der Waals surface area contributed by atoms with Gasteiger partial charge in [0.1, 0.15) is 5.82 Å². The molecule has 0 unspecified atom stereocenters. The van der Waals surface area contributed by atoms with Gasteiger partial charge in [-0.25, -0.2) is 4.98 Å². The van der Waals surface area contributed by atoms with E-state index >= 15 is 0 Å². The SMILES string of the molecule is CNCc1ccc(N(C)CCC(F)(F)F)nc1. The van der Waals surface area contributed by atoms with Crippen molar-refractivity contribution in [2.45, 2.75) is 19.1 Å². The van der Waals surface area contributed by atoms with Crippen molar-refractivity contribution in [3.05, 3.63) is 23.9 Å². The molecule has 0 aliphatic carbocycles. The number of nitrogens with zero attached hydrogens (tertiary/aromatic N) is 2. The first-order valence-electron chi connectivity index (χ1n) is 5.30. The minimum Gasteiger partial charge on any atom is -0.359 e. The number of aromatic nitrogens is 1. The van der Waals surface area contributed by atoms with Crippen LogP contribution in [-0.4, -0.2) is 31.8 Å². The van der Waals surface area contributed by atoms with E-state index in [0.29, 0.717) is 12.4 Å². The molecule has 0 aliphatic rings. The van der Waals surface area contributed by atoms with E-state index in [1.54, 1.807) is 19.3 Å². The van der Waals surface area contributed by atoms with Crippen LogP contribution >= 0.6 is 0 Å². The smallest absolute Gasteiger partial charge is 0.359 e. The standard InChI is InChI=1S/C11H16F3N3/c1-15-7-9-3-4-10(16-8-9)17(2)6-5-11(12,13)14/h3-4,8,15H,5-7H2,1-2H3. The Balaban J connectivity index is 2.54. The van der Waals surface area contributed by atoms with E-state index in [0.717, 1.165) is 5.56 Å². The molecule has 1 N–H and O–H groups in total. The van der Waals surface area contributed by atoms with Crippen molar-refractivity contribution in [3.63, 3.8) is 0 Å². The van der Waals surface area contributed by atoms with Gasteiger partial charge in [-0.05, 0) is 18.7 Å². The molecule has 0 fully saturated rings. The molecule has 17 heavy (non-hydrogen) atoms. The van der Waals surface area contributed by atoms with Gasteiger partial charge in [-0.2, -0.15) is 13.2 Å². The maximum absolute atomic E-state index is 12.0. The van der Waals surface area contributed by atoms with E-state index in [-0.39, 0.29) is 6.54 Å². The van der Waals surface area contributed by atoms with Crippen molar-refractivity contribution in [1.29, 1.82) is 0 Å². The molecule has 0 amide bonds. The molecule has 96 valence electrons. The van der Waals surface area contributed by atoms with E-state index in [9.17, 15) is 13.2 Å². The van der Waals surface area contributed by atoms with Crippen LogP contribution in [0, 0.1) is 0 Å². The maximum atomic E-state index is 12.0.